The number of nitrogens with zero attached hydrogens (tertiary/aromatic N) is 1. The second kappa shape index (κ2) is 7.81. The number of halogens is 1. The van der Waals surface area contributed by atoms with E-state index in [2.05, 4.69) is 36.2 Å². The summed E-state index contributed by atoms with van der Waals surface area (Å²) in [6.07, 6.45) is 1.13. The number of carbonyl (C=O) groups is 1. The fraction of sp³-hybridized carbons (Fsp3) is 0.200. The third-order valence-corrected chi connectivity index (χ3v) is 5.05. The second-order valence-corrected chi connectivity index (χ2v) is 7.04. The van der Waals surface area contributed by atoms with Crippen molar-refractivity contribution < 1.29 is 9.53 Å². The summed E-state index contributed by atoms with van der Waals surface area (Å²) in [6, 6.07) is 13.7. The Morgan fingerprint density at radius 2 is 1.96 bits per heavy atom. The highest BCUT2D eigenvalue weighted by Crippen LogP contribution is 2.27. The number of hydrogen-bond acceptors (Lipinski definition) is 4. The molecule has 0 atom stereocenters. The molecule has 0 N–H and O–H groups in total. The molecule has 0 aliphatic heterocycles. The summed E-state index contributed by atoms with van der Waals surface area (Å²) in [5, 5.41) is 3.22. The highest BCUT2D eigenvalue weighted by Gasteiger charge is 2.13. The quantitative estimate of drug-likeness (QED) is 0.440. The monoisotopic (exact) mass is 371 g/mol. The van der Waals surface area contributed by atoms with Crippen LogP contribution in [-0.2, 0) is 17.6 Å². The Hall–Kier alpha value is -2.17. The number of carbonyl (C=O) groups excluding carboxylic acids is 1. The highest BCUT2D eigenvalue weighted by molar-refractivity contribution is 7.13. The lowest BCUT2D eigenvalue weighted by atomic mass is 10.1. The molecule has 0 saturated carbocycles. The smallest absolute Gasteiger partial charge is 0.317 e. The predicted octanol–water partition coefficient (Wildman–Crippen LogP) is 5.48. The Balaban J connectivity index is 1.68. The van der Waals surface area contributed by atoms with E-state index in [1.807, 2.05) is 18.4 Å². The molecule has 0 bridgehead atoms. The molecule has 0 spiro atoms. The molecule has 25 heavy (non-hydrogen) atoms. The van der Waals surface area contributed by atoms with Crippen molar-refractivity contribution in [3.8, 4) is 16.3 Å². The van der Waals surface area contributed by atoms with E-state index < -0.39 is 0 Å². The minimum Gasteiger partial charge on any atom is -0.425 e. The number of esters is 1. The zero-order valence-electron chi connectivity index (χ0n) is 14.1. The van der Waals surface area contributed by atoms with Crippen LogP contribution in [0, 0.1) is 6.92 Å². The van der Waals surface area contributed by atoms with Crippen molar-refractivity contribution in [1.29, 1.82) is 0 Å². The molecule has 1 aromatic heterocycles. The number of ether oxygens (including phenoxy) is 1. The van der Waals surface area contributed by atoms with Crippen LogP contribution in [0.1, 0.15) is 23.7 Å². The lowest BCUT2D eigenvalue weighted by Gasteiger charge is -2.06. The molecule has 2 aromatic carbocycles. The Morgan fingerprint density at radius 1 is 1.20 bits per heavy atom. The number of benzene rings is 2. The van der Waals surface area contributed by atoms with E-state index >= 15 is 0 Å². The molecule has 0 unspecified atom stereocenters. The molecule has 0 amide bonds. The van der Waals surface area contributed by atoms with Gasteiger partial charge < -0.3 is 4.74 Å². The molecule has 128 valence electrons. The van der Waals surface area contributed by atoms with E-state index in [4.69, 9.17) is 16.3 Å². The number of rotatable bonds is 5. The van der Waals surface area contributed by atoms with Crippen molar-refractivity contribution in [2.45, 2.75) is 26.7 Å². The van der Waals surface area contributed by atoms with Crippen molar-refractivity contribution >= 4 is 28.9 Å². The van der Waals surface area contributed by atoms with Gasteiger partial charge >= 0.3 is 5.97 Å². The van der Waals surface area contributed by atoms with Gasteiger partial charge in [0.05, 0.1) is 17.1 Å². The van der Waals surface area contributed by atoms with Crippen LogP contribution in [0.5, 0.6) is 5.75 Å². The summed E-state index contributed by atoms with van der Waals surface area (Å²) < 4.78 is 5.37. The van der Waals surface area contributed by atoms with E-state index in [-0.39, 0.29) is 12.4 Å². The van der Waals surface area contributed by atoms with Gasteiger partial charge in [0.15, 0.2) is 0 Å². The van der Waals surface area contributed by atoms with Crippen molar-refractivity contribution in [3.05, 3.63) is 69.7 Å². The van der Waals surface area contributed by atoms with Crippen LogP contribution in [0.3, 0.4) is 0 Å². The normalized spacial score (nSPS) is 10.7. The first-order valence-electron chi connectivity index (χ1n) is 8.05. The molecule has 0 fully saturated rings. The summed E-state index contributed by atoms with van der Waals surface area (Å²) in [6.45, 7) is 4.05. The fourth-order valence-electron chi connectivity index (χ4n) is 2.40. The second-order valence-electron chi connectivity index (χ2n) is 5.78. The molecule has 3 rings (SSSR count). The molecular weight excluding hydrogens is 354 g/mol. The fourth-order valence-corrected chi connectivity index (χ4v) is 3.38. The maximum Gasteiger partial charge on any atom is 0.317 e. The molecule has 0 radical (unpaired) electrons. The number of aryl methyl sites for hydroxylation is 2. The Kier molecular flexibility index (Phi) is 5.51. The van der Waals surface area contributed by atoms with Gasteiger partial charge in [-0.3, -0.25) is 4.79 Å². The van der Waals surface area contributed by atoms with Crippen molar-refractivity contribution in [2.24, 2.45) is 0 Å². The van der Waals surface area contributed by atoms with E-state index in [1.165, 1.54) is 16.9 Å². The van der Waals surface area contributed by atoms with Gasteiger partial charge in [0, 0.05) is 10.9 Å². The lowest BCUT2D eigenvalue weighted by molar-refractivity contribution is -0.133. The lowest BCUT2D eigenvalue weighted by Crippen LogP contribution is -2.11. The van der Waals surface area contributed by atoms with Crippen LogP contribution < -0.4 is 4.74 Å². The SMILES string of the molecule is CCc1ccc(-c2nc(CC(=O)Oc3cc(C)ccc3Cl)cs2)cc1. The standard InChI is InChI=1S/C20H18ClNO2S/c1-3-14-5-7-15(8-6-14)20-22-16(12-25-20)11-19(23)24-18-10-13(2)4-9-17(18)21/h4-10,12H,3,11H2,1-2H3. The van der Waals surface area contributed by atoms with E-state index in [0.717, 1.165) is 22.6 Å². The first kappa shape index (κ1) is 17.6. The van der Waals surface area contributed by atoms with Gasteiger partial charge in [-0.15, -0.1) is 11.3 Å². The van der Waals surface area contributed by atoms with Crippen LogP contribution in [0.2, 0.25) is 5.02 Å². The molecule has 1 heterocycles. The summed E-state index contributed by atoms with van der Waals surface area (Å²) >= 11 is 7.59. The van der Waals surface area contributed by atoms with Crippen molar-refractivity contribution in [2.75, 3.05) is 0 Å². The zero-order chi connectivity index (χ0) is 17.8. The van der Waals surface area contributed by atoms with Gasteiger partial charge in [-0.25, -0.2) is 4.98 Å². The predicted molar refractivity (Wildman–Crippen MR) is 102 cm³/mol. The molecule has 0 aliphatic carbocycles. The first-order valence-corrected chi connectivity index (χ1v) is 9.31. The van der Waals surface area contributed by atoms with Crippen LogP contribution >= 0.6 is 22.9 Å². The summed E-state index contributed by atoms with van der Waals surface area (Å²) in [5.74, 6) is 0.0166. The number of thiazole rings is 1. The Bertz CT molecular complexity index is 887. The van der Waals surface area contributed by atoms with E-state index in [9.17, 15) is 4.79 Å². The molecule has 5 heteroatoms. The molecule has 3 aromatic rings. The van der Waals surface area contributed by atoms with Gasteiger partial charge in [0.25, 0.3) is 0 Å². The average molecular weight is 372 g/mol. The Morgan fingerprint density at radius 3 is 2.68 bits per heavy atom. The minimum absolute atomic E-state index is 0.119. The summed E-state index contributed by atoms with van der Waals surface area (Å²) in [4.78, 5) is 16.7. The van der Waals surface area contributed by atoms with Gasteiger partial charge in [-0.2, -0.15) is 0 Å². The van der Waals surface area contributed by atoms with Gasteiger partial charge in [0.2, 0.25) is 0 Å². The van der Waals surface area contributed by atoms with Crippen molar-refractivity contribution in [3.63, 3.8) is 0 Å². The van der Waals surface area contributed by atoms with E-state index in [0.29, 0.717) is 16.5 Å². The van der Waals surface area contributed by atoms with Crippen LogP contribution in [-0.4, -0.2) is 11.0 Å². The summed E-state index contributed by atoms with van der Waals surface area (Å²) in [7, 11) is 0. The third-order valence-electron chi connectivity index (χ3n) is 3.80. The number of aromatic nitrogens is 1. The first-order chi connectivity index (χ1) is 12.0. The topological polar surface area (TPSA) is 39.2 Å². The average Bonchev–Trinajstić information content (AvgIpc) is 3.06. The van der Waals surface area contributed by atoms with E-state index in [1.54, 1.807) is 12.1 Å². The highest BCUT2D eigenvalue weighted by atomic mass is 35.5. The van der Waals surface area contributed by atoms with Crippen LogP contribution in [0.25, 0.3) is 10.6 Å². The largest absolute Gasteiger partial charge is 0.425 e. The summed E-state index contributed by atoms with van der Waals surface area (Å²) in [5.41, 5.74) is 4.04. The van der Waals surface area contributed by atoms with Crippen molar-refractivity contribution in [1.82, 2.24) is 4.98 Å². The molecule has 0 saturated heterocycles. The Labute approximate surface area is 156 Å². The molecule has 3 nitrogen and oxygen atoms in total. The van der Waals surface area contributed by atoms with Gasteiger partial charge in [-0.05, 0) is 36.6 Å². The van der Waals surface area contributed by atoms with Crippen LogP contribution in [0.15, 0.2) is 47.8 Å². The van der Waals surface area contributed by atoms with Gasteiger partial charge in [0.1, 0.15) is 10.8 Å². The third kappa shape index (κ3) is 4.47. The maximum absolute atomic E-state index is 12.2. The molecular formula is C20H18ClNO2S. The zero-order valence-corrected chi connectivity index (χ0v) is 15.7. The number of hydrogen-bond donors (Lipinski definition) is 0. The minimum atomic E-state index is -0.370. The maximum atomic E-state index is 12.2. The van der Waals surface area contributed by atoms with Gasteiger partial charge in [-0.1, -0.05) is 48.9 Å². The molecule has 0 aliphatic rings. The van der Waals surface area contributed by atoms with Crippen LogP contribution in [0.4, 0.5) is 0 Å².